The summed E-state index contributed by atoms with van der Waals surface area (Å²) in [5.41, 5.74) is 0.430. The van der Waals surface area contributed by atoms with Gasteiger partial charge in [-0.15, -0.1) is 0 Å². The zero-order valence-electron chi connectivity index (χ0n) is 11.4. The number of carbonyl (C=O) groups excluding carboxylic acids is 1. The van der Waals surface area contributed by atoms with Crippen LogP contribution in [0.2, 0.25) is 0 Å². The van der Waals surface area contributed by atoms with Crippen molar-refractivity contribution in [2.75, 3.05) is 19.6 Å². The van der Waals surface area contributed by atoms with E-state index < -0.39 is 0 Å². The molecule has 5 rings (SSSR count). The minimum Gasteiger partial charge on any atom is -0.349 e. The first-order chi connectivity index (χ1) is 9.69. The number of piperidine rings is 3. The number of nitrogens with one attached hydrogen (secondary N) is 1. The molecular weight excluding hydrogens is 255 g/mol. The molecule has 3 saturated heterocycles. The number of benzene rings is 1. The lowest BCUT2D eigenvalue weighted by Crippen LogP contribution is -2.64. The molecule has 3 aliphatic heterocycles. The molecule has 1 aromatic carbocycles. The molecule has 0 spiro atoms. The molecule has 3 heterocycles. The fourth-order valence-corrected chi connectivity index (χ4v) is 4.51. The van der Waals surface area contributed by atoms with Gasteiger partial charge in [-0.1, -0.05) is 6.07 Å². The number of nitrogens with zero attached hydrogens (tertiary/aromatic N) is 1. The van der Waals surface area contributed by atoms with Crippen LogP contribution in [0.25, 0.3) is 0 Å². The minimum atomic E-state index is -0.353. The normalized spacial score (nSPS) is 38.0. The highest BCUT2D eigenvalue weighted by Gasteiger charge is 2.47. The van der Waals surface area contributed by atoms with Crippen molar-refractivity contribution < 1.29 is 9.18 Å². The van der Waals surface area contributed by atoms with E-state index in [0.29, 0.717) is 17.4 Å². The summed E-state index contributed by atoms with van der Waals surface area (Å²) in [7, 11) is 0. The Balaban J connectivity index is 1.50. The highest BCUT2D eigenvalue weighted by molar-refractivity contribution is 5.94. The molecule has 4 heteroatoms. The first-order valence-electron chi connectivity index (χ1n) is 7.48. The van der Waals surface area contributed by atoms with Crippen LogP contribution in [0.4, 0.5) is 4.39 Å². The Morgan fingerprint density at radius 1 is 1.20 bits per heavy atom. The van der Waals surface area contributed by atoms with E-state index in [-0.39, 0.29) is 17.8 Å². The molecule has 4 bridgehead atoms. The molecule has 3 nitrogen and oxygen atoms in total. The van der Waals surface area contributed by atoms with Crippen molar-refractivity contribution in [2.24, 2.45) is 17.8 Å². The topological polar surface area (TPSA) is 32.3 Å². The molecule has 4 fully saturated rings. The van der Waals surface area contributed by atoms with Gasteiger partial charge >= 0.3 is 0 Å². The molecular formula is C16H19FN2O. The largest absolute Gasteiger partial charge is 0.349 e. The third kappa shape index (κ3) is 2.03. The van der Waals surface area contributed by atoms with Crippen LogP contribution in [0.5, 0.6) is 0 Å². The maximum absolute atomic E-state index is 13.2. The van der Waals surface area contributed by atoms with Gasteiger partial charge in [0.1, 0.15) is 5.82 Å². The van der Waals surface area contributed by atoms with Crippen LogP contribution in [0.15, 0.2) is 24.3 Å². The van der Waals surface area contributed by atoms with Gasteiger partial charge in [0.15, 0.2) is 0 Å². The number of carbonyl (C=O) groups is 1. The zero-order valence-corrected chi connectivity index (χ0v) is 11.4. The zero-order chi connectivity index (χ0) is 13.7. The van der Waals surface area contributed by atoms with Crippen molar-refractivity contribution in [2.45, 2.75) is 18.9 Å². The summed E-state index contributed by atoms with van der Waals surface area (Å²) < 4.78 is 13.2. The van der Waals surface area contributed by atoms with Gasteiger partial charge in [0.2, 0.25) is 0 Å². The lowest BCUT2D eigenvalue weighted by atomic mass is 9.65. The minimum absolute atomic E-state index is 0.128. The Bertz CT molecular complexity index is 517. The fraction of sp³-hybridized carbons (Fsp3) is 0.562. The number of rotatable bonds is 2. The fourth-order valence-electron chi connectivity index (χ4n) is 4.51. The van der Waals surface area contributed by atoms with Gasteiger partial charge in [0, 0.05) is 31.2 Å². The SMILES string of the molecule is O=C(NC1[C@H]2CC3C[C@H]1CN(C3)C2)c1cccc(F)c1. The van der Waals surface area contributed by atoms with E-state index >= 15 is 0 Å². The van der Waals surface area contributed by atoms with Crippen LogP contribution in [0.3, 0.4) is 0 Å². The lowest BCUT2D eigenvalue weighted by Gasteiger charge is -2.55. The third-order valence-electron chi connectivity index (χ3n) is 5.17. The number of hydrogen-bond acceptors (Lipinski definition) is 2. The van der Waals surface area contributed by atoms with Gasteiger partial charge < -0.3 is 10.2 Å². The predicted octanol–water partition coefficient (Wildman–Crippen LogP) is 1.90. The Morgan fingerprint density at radius 3 is 2.60 bits per heavy atom. The molecule has 1 aromatic rings. The molecule has 1 saturated carbocycles. The Kier molecular flexibility index (Phi) is 2.81. The highest BCUT2D eigenvalue weighted by Crippen LogP contribution is 2.43. The van der Waals surface area contributed by atoms with Crippen LogP contribution in [0, 0.1) is 23.6 Å². The van der Waals surface area contributed by atoms with Crippen molar-refractivity contribution in [1.29, 1.82) is 0 Å². The molecule has 0 unspecified atom stereocenters. The van der Waals surface area contributed by atoms with E-state index in [4.69, 9.17) is 0 Å². The summed E-state index contributed by atoms with van der Waals surface area (Å²) in [5.74, 6) is 1.51. The average Bonchev–Trinajstić information content (AvgIpc) is 2.42. The van der Waals surface area contributed by atoms with Crippen molar-refractivity contribution in [3.63, 3.8) is 0 Å². The summed E-state index contributed by atoms with van der Waals surface area (Å²) >= 11 is 0. The van der Waals surface area contributed by atoms with Gasteiger partial charge in [-0.25, -0.2) is 4.39 Å². The second-order valence-corrected chi connectivity index (χ2v) is 6.59. The Hall–Kier alpha value is -1.42. The van der Waals surface area contributed by atoms with E-state index in [0.717, 1.165) is 19.0 Å². The number of halogens is 1. The van der Waals surface area contributed by atoms with Crippen LogP contribution >= 0.6 is 0 Å². The number of amides is 1. The molecule has 1 N–H and O–H groups in total. The van der Waals surface area contributed by atoms with Crippen LogP contribution < -0.4 is 5.32 Å². The van der Waals surface area contributed by atoms with Gasteiger partial charge in [-0.2, -0.15) is 0 Å². The first kappa shape index (κ1) is 12.3. The smallest absolute Gasteiger partial charge is 0.251 e. The maximum atomic E-state index is 13.2. The monoisotopic (exact) mass is 274 g/mol. The van der Waals surface area contributed by atoms with E-state index in [1.807, 2.05) is 0 Å². The third-order valence-corrected chi connectivity index (χ3v) is 5.17. The van der Waals surface area contributed by atoms with E-state index in [9.17, 15) is 9.18 Å². The summed E-state index contributed by atoms with van der Waals surface area (Å²) in [6.07, 6.45) is 2.47. The molecule has 20 heavy (non-hydrogen) atoms. The summed E-state index contributed by atoms with van der Waals surface area (Å²) in [4.78, 5) is 14.8. The maximum Gasteiger partial charge on any atom is 0.251 e. The van der Waals surface area contributed by atoms with Gasteiger partial charge in [-0.05, 0) is 48.8 Å². The van der Waals surface area contributed by atoms with Gasteiger partial charge in [0.05, 0.1) is 0 Å². The molecule has 4 aliphatic rings. The summed E-state index contributed by atoms with van der Waals surface area (Å²) in [5, 5.41) is 3.17. The van der Waals surface area contributed by atoms with E-state index in [1.54, 1.807) is 12.1 Å². The second-order valence-electron chi connectivity index (χ2n) is 6.59. The van der Waals surface area contributed by atoms with Crippen LogP contribution in [-0.4, -0.2) is 36.5 Å². The molecule has 1 amide bonds. The molecule has 0 radical (unpaired) electrons. The van der Waals surface area contributed by atoms with E-state index in [2.05, 4.69) is 10.2 Å². The molecule has 1 aliphatic carbocycles. The van der Waals surface area contributed by atoms with Crippen molar-refractivity contribution in [1.82, 2.24) is 10.2 Å². The molecule has 2 atom stereocenters. The van der Waals surface area contributed by atoms with Gasteiger partial charge in [0.25, 0.3) is 5.91 Å². The summed E-state index contributed by atoms with van der Waals surface area (Å²) in [6.45, 7) is 3.47. The molecule has 106 valence electrons. The van der Waals surface area contributed by atoms with Crippen molar-refractivity contribution >= 4 is 5.91 Å². The molecule has 0 aromatic heterocycles. The second kappa shape index (κ2) is 4.55. The Labute approximate surface area is 118 Å². The van der Waals surface area contributed by atoms with Gasteiger partial charge in [-0.3, -0.25) is 4.79 Å². The van der Waals surface area contributed by atoms with Crippen molar-refractivity contribution in [3.8, 4) is 0 Å². The highest BCUT2D eigenvalue weighted by atomic mass is 19.1. The summed E-state index contributed by atoms with van der Waals surface area (Å²) in [6, 6.07) is 6.23. The standard InChI is InChI=1S/C16H19FN2O/c17-14-3-1-2-11(6-14)16(20)18-15-12-4-10-5-13(15)9-19(7-10)8-12/h1-3,6,10,12-13,15H,4-5,7-9H2,(H,18,20)/t10?,12-,13-,15?/m0/s1. The Morgan fingerprint density at radius 2 is 1.95 bits per heavy atom. The average molecular weight is 274 g/mol. The first-order valence-corrected chi connectivity index (χ1v) is 7.48. The number of hydrogen-bond donors (Lipinski definition) is 1. The quantitative estimate of drug-likeness (QED) is 0.893. The lowest BCUT2D eigenvalue weighted by molar-refractivity contribution is -0.0418. The predicted molar refractivity (Wildman–Crippen MR) is 73.8 cm³/mol. The van der Waals surface area contributed by atoms with Crippen molar-refractivity contribution in [3.05, 3.63) is 35.6 Å². The van der Waals surface area contributed by atoms with Crippen LogP contribution in [0.1, 0.15) is 23.2 Å². The van der Waals surface area contributed by atoms with Crippen LogP contribution in [-0.2, 0) is 0 Å². The van der Waals surface area contributed by atoms with E-state index in [1.165, 1.54) is 31.5 Å².